The Balaban J connectivity index is 1.40. The number of rotatable bonds is 12. The second-order valence-corrected chi connectivity index (χ2v) is 11.9. The summed E-state index contributed by atoms with van der Waals surface area (Å²) in [7, 11) is 0. The van der Waals surface area contributed by atoms with E-state index in [0.717, 1.165) is 22.4 Å². The molecule has 7 nitrogen and oxygen atoms in total. The second-order valence-electron chi connectivity index (χ2n) is 11.9. The van der Waals surface area contributed by atoms with Gasteiger partial charge in [-0.05, 0) is 76.5 Å². The molecular formula is C43H36O7. The monoisotopic (exact) mass is 664 g/mol. The molecule has 6 aromatic rings. The van der Waals surface area contributed by atoms with Crippen LogP contribution in [0.1, 0.15) is 17.2 Å². The molecular weight excluding hydrogens is 628 g/mol. The zero-order chi connectivity index (χ0) is 34.1. The molecule has 0 bridgehead atoms. The maximum atomic E-state index is 11.8. The van der Waals surface area contributed by atoms with Gasteiger partial charge in [0.1, 0.15) is 41.8 Å². The average Bonchev–Trinajstić information content (AvgIpc) is 3.16. The van der Waals surface area contributed by atoms with Gasteiger partial charge in [-0.3, -0.25) is 0 Å². The molecule has 0 aliphatic carbocycles. The van der Waals surface area contributed by atoms with Gasteiger partial charge in [0, 0.05) is 6.08 Å². The zero-order valence-electron chi connectivity index (χ0n) is 27.2. The molecule has 7 rings (SSSR count). The number of fused-ring (bicyclic) bond motifs is 1. The number of hydrogen-bond acceptors (Lipinski definition) is 6. The fourth-order valence-corrected chi connectivity index (χ4v) is 6.27. The maximum Gasteiger partial charge on any atom is 0.328 e. The smallest absolute Gasteiger partial charge is 0.328 e. The third kappa shape index (κ3) is 7.64. The molecule has 5 atom stereocenters. The van der Waals surface area contributed by atoms with Crippen LogP contribution in [0.25, 0.3) is 16.8 Å². The summed E-state index contributed by atoms with van der Waals surface area (Å²) in [5.41, 5.74) is 1.45. The highest BCUT2D eigenvalue weighted by Gasteiger charge is 2.52. The van der Waals surface area contributed by atoms with E-state index < -0.39 is 36.5 Å². The molecule has 0 unspecified atom stereocenters. The predicted octanol–water partition coefficient (Wildman–Crippen LogP) is 8.80. The van der Waals surface area contributed by atoms with Gasteiger partial charge in [-0.25, -0.2) is 4.79 Å². The van der Waals surface area contributed by atoms with Gasteiger partial charge in [0.05, 0.1) is 0 Å². The molecule has 1 N–H and O–H groups in total. The van der Waals surface area contributed by atoms with Gasteiger partial charge in [-0.2, -0.15) is 0 Å². The van der Waals surface area contributed by atoms with Gasteiger partial charge >= 0.3 is 5.97 Å². The Morgan fingerprint density at radius 2 is 1.08 bits per heavy atom. The fraction of sp³-hybridized carbons (Fsp3) is 0.140. The molecule has 50 heavy (non-hydrogen) atoms. The minimum atomic E-state index is -1.05. The van der Waals surface area contributed by atoms with Crippen LogP contribution in [0.3, 0.4) is 0 Å². The summed E-state index contributed by atoms with van der Waals surface area (Å²) in [4.78, 5) is 11.8. The number of hydrogen-bond donors (Lipinski definition) is 1. The molecule has 0 amide bonds. The van der Waals surface area contributed by atoms with E-state index in [1.54, 1.807) is 6.08 Å². The highest BCUT2D eigenvalue weighted by Crippen LogP contribution is 2.41. The number of benzene rings is 6. The van der Waals surface area contributed by atoms with Crippen LogP contribution < -0.4 is 18.9 Å². The largest absolute Gasteiger partial charge is 0.491 e. The van der Waals surface area contributed by atoms with Crippen molar-refractivity contribution in [1.82, 2.24) is 0 Å². The zero-order valence-corrected chi connectivity index (χ0v) is 27.2. The first kappa shape index (κ1) is 32.5. The Bertz CT molecular complexity index is 2020. The van der Waals surface area contributed by atoms with Gasteiger partial charge < -0.3 is 28.8 Å². The molecule has 0 spiro atoms. The van der Waals surface area contributed by atoms with Crippen LogP contribution in [0.15, 0.2) is 164 Å². The van der Waals surface area contributed by atoms with Crippen molar-refractivity contribution in [3.8, 4) is 23.0 Å². The summed E-state index contributed by atoms with van der Waals surface area (Å²) in [5.74, 6) is 1.52. The molecule has 1 fully saturated rings. The lowest BCUT2D eigenvalue weighted by Gasteiger charge is -2.46. The van der Waals surface area contributed by atoms with Crippen molar-refractivity contribution in [2.45, 2.75) is 30.5 Å². The molecule has 1 aliphatic heterocycles. The van der Waals surface area contributed by atoms with E-state index in [9.17, 15) is 9.90 Å². The molecule has 0 aromatic heterocycles. The van der Waals surface area contributed by atoms with Crippen molar-refractivity contribution < 1.29 is 33.6 Å². The normalized spacial score (nSPS) is 20.3. The fourth-order valence-electron chi connectivity index (χ4n) is 6.27. The van der Waals surface area contributed by atoms with Gasteiger partial charge in [0.2, 0.25) is 0 Å². The first-order valence-electron chi connectivity index (χ1n) is 16.5. The van der Waals surface area contributed by atoms with Crippen LogP contribution >= 0.6 is 0 Å². The average molecular weight is 665 g/mol. The summed E-state index contributed by atoms with van der Waals surface area (Å²) < 4.78 is 34.0. The van der Waals surface area contributed by atoms with Crippen LogP contribution in [0.5, 0.6) is 23.0 Å². The molecule has 0 radical (unpaired) electrons. The molecule has 1 aliphatic rings. The Morgan fingerprint density at radius 3 is 1.66 bits per heavy atom. The van der Waals surface area contributed by atoms with Crippen molar-refractivity contribution in [3.63, 3.8) is 0 Å². The number of carboxylic acid groups (broad SMARTS) is 1. The summed E-state index contributed by atoms with van der Waals surface area (Å²) in [5, 5.41) is 11.5. The third-order valence-corrected chi connectivity index (χ3v) is 8.54. The minimum absolute atomic E-state index is 0.138. The highest BCUT2D eigenvalue weighted by atomic mass is 16.6. The standard InChI is InChI=1S/C43H36O7/c44-39(45)28-27-36-35-24-14-13-15-30(35)25-26-37(36)40-42(48-33-20-9-3-10-21-33)43(49-34-22-11-4-12-23-34)41(47-32-18-7-2-8-19-32)38(50-40)29-46-31-16-5-1-6-17-31/h1-28,38,40-43H,29H2,(H,44,45)/b28-27+/t38-,40-,41-,42-,43+/m1/s1. The van der Waals surface area contributed by atoms with Crippen molar-refractivity contribution in [2.75, 3.05) is 6.61 Å². The lowest BCUT2D eigenvalue weighted by atomic mass is 9.86. The summed E-state index contributed by atoms with van der Waals surface area (Å²) in [6, 6.07) is 50.0. The third-order valence-electron chi connectivity index (χ3n) is 8.54. The van der Waals surface area contributed by atoms with Crippen molar-refractivity contribution in [1.29, 1.82) is 0 Å². The molecule has 1 heterocycles. The van der Waals surface area contributed by atoms with Crippen molar-refractivity contribution >= 4 is 22.8 Å². The summed E-state index contributed by atoms with van der Waals surface area (Å²) in [6.45, 7) is 0.138. The van der Waals surface area contributed by atoms with E-state index in [2.05, 4.69) is 0 Å². The van der Waals surface area contributed by atoms with Gasteiger partial charge in [-0.15, -0.1) is 0 Å². The van der Waals surface area contributed by atoms with E-state index in [4.69, 9.17) is 23.7 Å². The molecule has 7 heteroatoms. The van der Waals surface area contributed by atoms with Crippen LogP contribution in [0.2, 0.25) is 0 Å². The Kier molecular flexibility index (Phi) is 10.0. The predicted molar refractivity (Wildman–Crippen MR) is 193 cm³/mol. The number of carbonyl (C=O) groups is 1. The van der Waals surface area contributed by atoms with Gasteiger partial charge in [0.25, 0.3) is 0 Å². The number of carboxylic acids is 1. The first-order chi connectivity index (χ1) is 24.6. The van der Waals surface area contributed by atoms with Crippen LogP contribution in [0, 0.1) is 0 Å². The van der Waals surface area contributed by atoms with Crippen LogP contribution in [0.4, 0.5) is 0 Å². The minimum Gasteiger partial charge on any atom is -0.491 e. The number of para-hydroxylation sites is 4. The van der Waals surface area contributed by atoms with E-state index in [1.807, 2.05) is 158 Å². The van der Waals surface area contributed by atoms with E-state index in [0.29, 0.717) is 28.6 Å². The topological polar surface area (TPSA) is 83.5 Å². The molecule has 1 saturated heterocycles. The Morgan fingerprint density at radius 1 is 0.580 bits per heavy atom. The molecule has 6 aromatic carbocycles. The second kappa shape index (κ2) is 15.4. The van der Waals surface area contributed by atoms with Crippen LogP contribution in [-0.4, -0.2) is 42.1 Å². The van der Waals surface area contributed by atoms with E-state index in [-0.39, 0.29) is 6.61 Å². The SMILES string of the molecule is O=C(O)/C=C/c1c([C@H]2O[C@H](COc3ccccc3)[C@@H](Oc3ccccc3)[C@H](Oc3ccccc3)[C@@H]2Oc2ccccc2)ccc2ccccc12. The van der Waals surface area contributed by atoms with Gasteiger partial charge in [0.15, 0.2) is 18.3 Å². The van der Waals surface area contributed by atoms with E-state index >= 15 is 0 Å². The maximum absolute atomic E-state index is 11.8. The van der Waals surface area contributed by atoms with Crippen LogP contribution in [-0.2, 0) is 9.53 Å². The number of ether oxygens (including phenoxy) is 5. The molecule has 0 saturated carbocycles. The van der Waals surface area contributed by atoms with Gasteiger partial charge in [-0.1, -0.05) is 109 Å². The Hall–Kier alpha value is -6.05. The van der Waals surface area contributed by atoms with E-state index in [1.165, 1.54) is 0 Å². The first-order valence-corrected chi connectivity index (χ1v) is 16.5. The van der Waals surface area contributed by atoms with Crippen molar-refractivity contribution in [3.05, 3.63) is 175 Å². The number of aliphatic carboxylic acids is 1. The lowest BCUT2D eigenvalue weighted by molar-refractivity contribution is -0.210. The molecule has 250 valence electrons. The quantitative estimate of drug-likeness (QED) is 0.131. The summed E-state index contributed by atoms with van der Waals surface area (Å²) in [6.07, 6.45) is -0.838. The highest BCUT2D eigenvalue weighted by molar-refractivity contribution is 5.95. The lowest BCUT2D eigenvalue weighted by Crippen LogP contribution is -2.62. The van der Waals surface area contributed by atoms with Crippen molar-refractivity contribution in [2.24, 2.45) is 0 Å². The summed E-state index contributed by atoms with van der Waals surface area (Å²) >= 11 is 0. The Labute approximate surface area is 290 Å².